The van der Waals surface area contributed by atoms with Crippen LogP contribution in [0.1, 0.15) is 18.0 Å². The summed E-state index contributed by atoms with van der Waals surface area (Å²) in [5, 5.41) is 12.3. The quantitative estimate of drug-likeness (QED) is 0.892. The average molecular weight is 367 g/mol. The number of benzene rings is 1. The number of hydrogen-bond acceptors (Lipinski definition) is 3. The fraction of sp³-hybridized carbons (Fsp3) is 0.462. The third-order valence-corrected chi connectivity index (χ3v) is 3.66. The third-order valence-electron chi connectivity index (χ3n) is 3.13. The van der Waals surface area contributed by atoms with Gasteiger partial charge in [0.05, 0.1) is 12.5 Å². The molecule has 1 atom stereocenters. The molecule has 1 N–H and O–H groups in total. The highest BCUT2D eigenvalue weighted by molar-refractivity contribution is 9.10. The SMILES string of the molecule is Cl.Cl.N#CC[C@H](c1ccc(Br)cc1)N1CCNCC1. The molecule has 0 aliphatic carbocycles. The number of nitriles is 1. The van der Waals surface area contributed by atoms with Crippen LogP contribution in [-0.4, -0.2) is 31.1 Å². The fourth-order valence-electron chi connectivity index (χ4n) is 2.22. The Balaban J connectivity index is 0.00000162. The zero-order chi connectivity index (χ0) is 12.1. The molecule has 1 aliphatic rings. The molecule has 1 aliphatic heterocycles. The van der Waals surface area contributed by atoms with E-state index in [2.05, 4.69) is 44.3 Å². The molecule has 0 bridgehead atoms. The molecular weight excluding hydrogens is 349 g/mol. The number of rotatable bonds is 3. The van der Waals surface area contributed by atoms with Crippen molar-refractivity contribution >= 4 is 40.7 Å². The first-order valence-electron chi connectivity index (χ1n) is 5.88. The zero-order valence-corrected chi connectivity index (χ0v) is 13.7. The van der Waals surface area contributed by atoms with E-state index in [-0.39, 0.29) is 30.9 Å². The van der Waals surface area contributed by atoms with Gasteiger partial charge in [-0.15, -0.1) is 24.8 Å². The highest BCUT2D eigenvalue weighted by atomic mass is 79.9. The summed E-state index contributed by atoms with van der Waals surface area (Å²) in [6.07, 6.45) is 0.557. The Kier molecular flexibility index (Phi) is 9.42. The first kappa shape index (κ1) is 18.7. The van der Waals surface area contributed by atoms with Crippen molar-refractivity contribution in [3.63, 3.8) is 0 Å². The molecule has 0 saturated carbocycles. The molecule has 1 aromatic rings. The van der Waals surface area contributed by atoms with E-state index in [0.717, 1.165) is 30.7 Å². The van der Waals surface area contributed by atoms with Crippen LogP contribution < -0.4 is 5.32 Å². The van der Waals surface area contributed by atoms with Crippen LogP contribution in [0, 0.1) is 11.3 Å². The normalized spacial score (nSPS) is 16.6. The van der Waals surface area contributed by atoms with E-state index in [1.165, 1.54) is 5.56 Å². The van der Waals surface area contributed by atoms with E-state index in [1.807, 2.05) is 12.1 Å². The summed E-state index contributed by atoms with van der Waals surface area (Å²) in [4.78, 5) is 2.39. The molecule has 0 spiro atoms. The smallest absolute Gasteiger partial charge is 0.0641 e. The predicted molar refractivity (Wildman–Crippen MR) is 86.1 cm³/mol. The van der Waals surface area contributed by atoms with E-state index >= 15 is 0 Å². The molecule has 1 heterocycles. The number of halogens is 3. The van der Waals surface area contributed by atoms with E-state index < -0.39 is 0 Å². The molecule has 2 rings (SSSR count). The molecule has 0 unspecified atom stereocenters. The van der Waals surface area contributed by atoms with E-state index in [1.54, 1.807) is 0 Å². The van der Waals surface area contributed by atoms with Gasteiger partial charge in [0, 0.05) is 36.7 Å². The maximum absolute atomic E-state index is 8.98. The van der Waals surface area contributed by atoms with Gasteiger partial charge in [-0.1, -0.05) is 28.1 Å². The van der Waals surface area contributed by atoms with Crippen molar-refractivity contribution in [1.82, 2.24) is 10.2 Å². The average Bonchev–Trinajstić information content (AvgIpc) is 2.38. The Bertz CT molecular complexity index is 399. The molecule has 0 radical (unpaired) electrons. The van der Waals surface area contributed by atoms with E-state index in [4.69, 9.17) is 5.26 Å². The Morgan fingerprint density at radius 2 is 1.79 bits per heavy atom. The van der Waals surface area contributed by atoms with Gasteiger partial charge in [-0.05, 0) is 17.7 Å². The van der Waals surface area contributed by atoms with Gasteiger partial charge in [0.25, 0.3) is 0 Å². The van der Waals surface area contributed by atoms with Gasteiger partial charge in [-0.2, -0.15) is 5.26 Å². The van der Waals surface area contributed by atoms with Crippen LogP contribution in [0.15, 0.2) is 28.7 Å². The van der Waals surface area contributed by atoms with Crippen molar-refractivity contribution in [2.45, 2.75) is 12.5 Å². The highest BCUT2D eigenvalue weighted by Gasteiger charge is 2.21. The number of hydrogen-bond donors (Lipinski definition) is 1. The summed E-state index contributed by atoms with van der Waals surface area (Å²) in [5.41, 5.74) is 1.23. The molecule has 1 saturated heterocycles. The molecule has 1 aromatic carbocycles. The molecular formula is C13H18BrCl2N3. The van der Waals surface area contributed by atoms with Gasteiger partial charge < -0.3 is 5.32 Å². The predicted octanol–water partition coefficient (Wildman–Crippen LogP) is 3.15. The van der Waals surface area contributed by atoms with Crippen molar-refractivity contribution in [2.24, 2.45) is 0 Å². The van der Waals surface area contributed by atoms with Crippen LogP contribution in [0.3, 0.4) is 0 Å². The van der Waals surface area contributed by atoms with Gasteiger partial charge in [0.2, 0.25) is 0 Å². The van der Waals surface area contributed by atoms with Crippen LogP contribution in [0.4, 0.5) is 0 Å². The molecule has 0 amide bonds. The second-order valence-corrected chi connectivity index (χ2v) is 5.13. The summed E-state index contributed by atoms with van der Waals surface area (Å²) < 4.78 is 1.08. The fourth-order valence-corrected chi connectivity index (χ4v) is 2.49. The van der Waals surface area contributed by atoms with Crippen LogP contribution >= 0.6 is 40.7 Å². The van der Waals surface area contributed by atoms with Crippen molar-refractivity contribution in [3.8, 4) is 6.07 Å². The van der Waals surface area contributed by atoms with Gasteiger partial charge in [0.1, 0.15) is 0 Å². The summed E-state index contributed by atoms with van der Waals surface area (Å²) in [6, 6.07) is 10.8. The zero-order valence-electron chi connectivity index (χ0n) is 10.5. The lowest BCUT2D eigenvalue weighted by Crippen LogP contribution is -2.45. The van der Waals surface area contributed by atoms with Crippen molar-refractivity contribution in [1.29, 1.82) is 5.26 Å². The molecule has 1 fully saturated rings. The van der Waals surface area contributed by atoms with Crippen molar-refractivity contribution in [3.05, 3.63) is 34.3 Å². The summed E-state index contributed by atoms with van der Waals surface area (Å²) in [7, 11) is 0. The Hall–Kier alpha value is -0.310. The number of nitrogens with one attached hydrogen (secondary N) is 1. The monoisotopic (exact) mass is 365 g/mol. The molecule has 106 valence electrons. The second-order valence-electron chi connectivity index (χ2n) is 4.22. The topological polar surface area (TPSA) is 39.1 Å². The lowest BCUT2D eigenvalue weighted by Gasteiger charge is -2.34. The summed E-state index contributed by atoms with van der Waals surface area (Å²) in [5.74, 6) is 0. The Morgan fingerprint density at radius 3 is 2.32 bits per heavy atom. The van der Waals surface area contributed by atoms with Gasteiger partial charge >= 0.3 is 0 Å². The first-order valence-corrected chi connectivity index (χ1v) is 6.68. The largest absolute Gasteiger partial charge is 0.314 e. The maximum atomic E-state index is 8.98. The van der Waals surface area contributed by atoms with E-state index in [9.17, 15) is 0 Å². The first-order chi connectivity index (χ1) is 8.31. The minimum Gasteiger partial charge on any atom is -0.314 e. The maximum Gasteiger partial charge on any atom is 0.0641 e. The molecule has 3 nitrogen and oxygen atoms in total. The van der Waals surface area contributed by atoms with Crippen LogP contribution in [-0.2, 0) is 0 Å². The Labute approximate surface area is 135 Å². The lowest BCUT2D eigenvalue weighted by molar-refractivity contribution is 0.175. The third kappa shape index (κ3) is 5.29. The van der Waals surface area contributed by atoms with Crippen molar-refractivity contribution < 1.29 is 0 Å². The van der Waals surface area contributed by atoms with Crippen LogP contribution in [0.25, 0.3) is 0 Å². The second kappa shape index (κ2) is 9.57. The summed E-state index contributed by atoms with van der Waals surface area (Å²) >= 11 is 3.44. The number of nitrogens with zero attached hydrogens (tertiary/aromatic N) is 2. The molecule has 0 aromatic heterocycles. The van der Waals surface area contributed by atoms with Gasteiger partial charge in [0.15, 0.2) is 0 Å². The standard InChI is InChI=1S/C13H16BrN3.2ClH/c14-12-3-1-11(2-4-12)13(5-6-15)17-9-7-16-8-10-17;;/h1-4,13,16H,5,7-10H2;2*1H/t13-;;/m1../s1. The summed E-state index contributed by atoms with van der Waals surface area (Å²) in [6.45, 7) is 4.06. The minimum atomic E-state index is 0. The van der Waals surface area contributed by atoms with Crippen molar-refractivity contribution in [2.75, 3.05) is 26.2 Å². The van der Waals surface area contributed by atoms with Crippen LogP contribution in [0.2, 0.25) is 0 Å². The van der Waals surface area contributed by atoms with Crippen LogP contribution in [0.5, 0.6) is 0 Å². The van der Waals surface area contributed by atoms with Gasteiger partial charge in [-0.25, -0.2) is 0 Å². The van der Waals surface area contributed by atoms with E-state index in [0.29, 0.717) is 6.42 Å². The lowest BCUT2D eigenvalue weighted by atomic mass is 10.0. The number of piperazine rings is 1. The minimum absolute atomic E-state index is 0. The van der Waals surface area contributed by atoms with Gasteiger partial charge in [-0.3, -0.25) is 4.90 Å². The highest BCUT2D eigenvalue weighted by Crippen LogP contribution is 2.25. The molecule has 6 heteroatoms. The molecule has 19 heavy (non-hydrogen) atoms. The Morgan fingerprint density at radius 1 is 1.21 bits per heavy atom.